The highest BCUT2D eigenvalue weighted by Crippen LogP contribution is 2.23. The van der Waals surface area contributed by atoms with Crippen molar-refractivity contribution in [2.45, 2.75) is 32.4 Å². The lowest BCUT2D eigenvalue weighted by Crippen LogP contribution is -2.41. The first-order valence-electron chi connectivity index (χ1n) is 9.50. The Balaban J connectivity index is 1.53. The third-order valence-corrected chi connectivity index (χ3v) is 4.84. The molecule has 1 N–H and O–H groups in total. The Morgan fingerprint density at radius 2 is 1.96 bits per heavy atom. The third-order valence-electron chi connectivity index (χ3n) is 4.84. The summed E-state index contributed by atoms with van der Waals surface area (Å²) in [5.41, 5.74) is 0.0401. The number of carboxylic acid groups (broad SMARTS) is 1. The van der Waals surface area contributed by atoms with E-state index in [0.717, 1.165) is 25.9 Å². The molecule has 2 aromatic rings. The van der Waals surface area contributed by atoms with Gasteiger partial charge in [0.25, 0.3) is 0 Å². The SMILES string of the molecule is CC(C)(F)CN1CCC(COc2cnc(-c3ccccc3C(=O)O)cn2)CC1. The van der Waals surface area contributed by atoms with Crippen molar-refractivity contribution >= 4 is 5.97 Å². The number of alkyl halides is 1. The Morgan fingerprint density at radius 1 is 1.25 bits per heavy atom. The number of carbonyl (C=O) groups is 1. The second-order valence-corrected chi connectivity index (χ2v) is 7.84. The highest BCUT2D eigenvalue weighted by molar-refractivity contribution is 5.95. The fourth-order valence-corrected chi connectivity index (χ4v) is 3.47. The Kier molecular flexibility index (Phi) is 6.24. The van der Waals surface area contributed by atoms with Crippen molar-refractivity contribution in [2.75, 3.05) is 26.2 Å². The number of benzene rings is 1. The highest BCUT2D eigenvalue weighted by atomic mass is 19.1. The number of rotatable bonds is 7. The zero-order chi connectivity index (χ0) is 20.1. The third kappa shape index (κ3) is 5.48. The number of carboxylic acids is 1. The lowest BCUT2D eigenvalue weighted by atomic mass is 9.97. The highest BCUT2D eigenvalue weighted by Gasteiger charge is 2.25. The lowest BCUT2D eigenvalue weighted by molar-refractivity contribution is 0.0697. The van der Waals surface area contributed by atoms with Gasteiger partial charge in [-0.1, -0.05) is 18.2 Å². The van der Waals surface area contributed by atoms with Gasteiger partial charge in [0.2, 0.25) is 5.88 Å². The molecule has 1 saturated heterocycles. The smallest absolute Gasteiger partial charge is 0.336 e. The van der Waals surface area contributed by atoms with Gasteiger partial charge in [-0.25, -0.2) is 19.2 Å². The summed E-state index contributed by atoms with van der Waals surface area (Å²) in [6.45, 7) is 5.98. The van der Waals surface area contributed by atoms with Crippen LogP contribution in [0.5, 0.6) is 5.88 Å². The van der Waals surface area contributed by atoms with Crippen molar-refractivity contribution in [1.82, 2.24) is 14.9 Å². The number of halogens is 1. The van der Waals surface area contributed by atoms with Gasteiger partial charge in [-0.15, -0.1) is 0 Å². The van der Waals surface area contributed by atoms with Crippen LogP contribution in [-0.4, -0.2) is 57.9 Å². The van der Waals surface area contributed by atoms with Crippen LogP contribution < -0.4 is 4.74 Å². The van der Waals surface area contributed by atoms with Crippen LogP contribution in [0.3, 0.4) is 0 Å². The average Bonchev–Trinajstić information content (AvgIpc) is 2.67. The van der Waals surface area contributed by atoms with E-state index in [0.29, 0.717) is 36.2 Å². The molecular weight excluding hydrogens is 361 g/mol. The average molecular weight is 387 g/mol. The summed E-state index contributed by atoms with van der Waals surface area (Å²) in [6, 6.07) is 6.70. The molecule has 1 aliphatic heterocycles. The molecule has 1 aliphatic rings. The number of ether oxygens (including phenoxy) is 1. The Bertz CT molecular complexity index is 797. The lowest BCUT2D eigenvalue weighted by Gasteiger charge is -2.34. The summed E-state index contributed by atoms with van der Waals surface area (Å²) in [6.07, 6.45) is 4.99. The van der Waals surface area contributed by atoms with Crippen LogP contribution in [0.4, 0.5) is 4.39 Å². The molecular formula is C21H26FN3O3. The quantitative estimate of drug-likeness (QED) is 0.781. The van der Waals surface area contributed by atoms with Crippen LogP contribution in [0.1, 0.15) is 37.0 Å². The molecule has 6 nitrogen and oxygen atoms in total. The van der Waals surface area contributed by atoms with Crippen molar-refractivity contribution in [3.05, 3.63) is 42.2 Å². The molecule has 0 aliphatic carbocycles. The number of likely N-dealkylation sites (tertiary alicyclic amines) is 1. The van der Waals surface area contributed by atoms with Gasteiger partial charge >= 0.3 is 5.97 Å². The van der Waals surface area contributed by atoms with Gasteiger partial charge in [-0.2, -0.15) is 0 Å². The fourth-order valence-electron chi connectivity index (χ4n) is 3.47. The second kappa shape index (κ2) is 8.65. The van der Waals surface area contributed by atoms with Gasteiger partial charge in [0.15, 0.2) is 0 Å². The van der Waals surface area contributed by atoms with Gasteiger partial charge in [0.05, 0.1) is 30.3 Å². The van der Waals surface area contributed by atoms with Crippen molar-refractivity contribution in [2.24, 2.45) is 5.92 Å². The Morgan fingerprint density at radius 3 is 2.57 bits per heavy atom. The minimum Gasteiger partial charge on any atom is -0.478 e. The van der Waals surface area contributed by atoms with E-state index >= 15 is 0 Å². The number of hydrogen-bond acceptors (Lipinski definition) is 5. The number of aromatic nitrogens is 2. The molecule has 28 heavy (non-hydrogen) atoms. The monoisotopic (exact) mass is 387 g/mol. The molecule has 150 valence electrons. The minimum absolute atomic E-state index is 0.189. The van der Waals surface area contributed by atoms with E-state index in [4.69, 9.17) is 4.74 Å². The largest absolute Gasteiger partial charge is 0.478 e. The van der Waals surface area contributed by atoms with Gasteiger partial charge in [-0.05, 0) is 51.8 Å². The van der Waals surface area contributed by atoms with Gasteiger partial charge in [0.1, 0.15) is 5.67 Å². The molecule has 0 atom stereocenters. The first-order valence-corrected chi connectivity index (χ1v) is 9.50. The normalized spacial score (nSPS) is 16.1. The maximum Gasteiger partial charge on any atom is 0.336 e. The van der Waals surface area contributed by atoms with Crippen LogP contribution in [0, 0.1) is 5.92 Å². The Labute approximate surface area is 164 Å². The summed E-state index contributed by atoms with van der Waals surface area (Å²) >= 11 is 0. The number of nitrogens with zero attached hydrogens (tertiary/aromatic N) is 3. The molecule has 2 heterocycles. The van der Waals surface area contributed by atoms with E-state index < -0.39 is 11.6 Å². The van der Waals surface area contributed by atoms with E-state index in [9.17, 15) is 14.3 Å². The predicted molar refractivity (Wildman–Crippen MR) is 104 cm³/mol. The molecule has 0 bridgehead atoms. The van der Waals surface area contributed by atoms with Crippen LogP contribution in [0.15, 0.2) is 36.7 Å². The molecule has 1 aromatic carbocycles. The zero-order valence-electron chi connectivity index (χ0n) is 16.3. The van der Waals surface area contributed by atoms with Crippen molar-refractivity contribution < 1.29 is 19.0 Å². The maximum atomic E-state index is 13.8. The summed E-state index contributed by atoms with van der Waals surface area (Å²) in [5, 5.41) is 9.29. The fraction of sp³-hybridized carbons (Fsp3) is 0.476. The summed E-state index contributed by atoms with van der Waals surface area (Å²) in [7, 11) is 0. The van der Waals surface area contributed by atoms with Crippen molar-refractivity contribution in [1.29, 1.82) is 0 Å². The molecule has 7 heteroatoms. The van der Waals surface area contributed by atoms with E-state index in [-0.39, 0.29) is 5.56 Å². The maximum absolute atomic E-state index is 13.8. The molecule has 0 radical (unpaired) electrons. The first-order chi connectivity index (χ1) is 13.3. The van der Waals surface area contributed by atoms with Gasteiger partial charge < -0.3 is 14.7 Å². The van der Waals surface area contributed by atoms with Crippen LogP contribution in [0.25, 0.3) is 11.3 Å². The molecule has 1 fully saturated rings. The summed E-state index contributed by atoms with van der Waals surface area (Å²) in [4.78, 5) is 22.1. The number of aromatic carboxylic acids is 1. The van der Waals surface area contributed by atoms with Gasteiger partial charge in [-0.3, -0.25) is 0 Å². The predicted octanol–water partition coefficient (Wildman–Crippen LogP) is 3.68. The molecule has 3 rings (SSSR count). The molecule has 0 saturated carbocycles. The minimum atomic E-state index is -1.17. The number of piperidine rings is 1. The molecule has 0 unspecified atom stereocenters. The van der Waals surface area contributed by atoms with E-state index in [1.165, 1.54) is 12.4 Å². The topological polar surface area (TPSA) is 75.5 Å². The number of hydrogen-bond donors (Lipinski definition) is 1. The van der Waals surface area contributed by atoms with E-state index in [1.54, 1.807) is 38.1 Å². The molecule has 1 aromatic heterocycles. The Hall–Kier alpha value is -2.54. The summed E-state index contributed by atoms with van der Waals surface area (Å²) < 4.78 is 19.5. The van der Waals surface area contributed by atoms with E-state index in [2.05, 4.69) is 14.9 Å². The van der Waals surface area contributed by atoms with Gasteiger partial charge in [0, 0.05) is 12.1 Å². The van der Waals surface area contributed by atoms with E-state index in [1.807, 2.05) is 0 Å². The van der Waals surface area contributed by atoms with Crippen LogP contribution in [0.2, 0.25) is 0 Å². The second-order valence-electron chi connectivity index (χ2n) is 7.84. The standard InChI is InChI=1S/C21H26FN3O3/c1-21(2,22)14-25-9-7-15(8-10-25)13-28-19-12-23-18(11-24-19)16-5-3-4-6-17(16)20(26)27/h3-6,11-12,15H,7-10,13-14H2,1-2H3,(H,26,27). The zero-order valence-corrected chi connectivity index (χ0v) is 16.3. The van der Waals surface area contributed by atoms with Crippen LogP contribution >= 0.6 is 0 Å². The molecule has 0 spiro atoms. The molecule has 0 amide bonds. The first kappa shape index (κ1) is 20.2. The van der Waals surface area contributed by atoms with Crippen molar-refractivity contribution in [3.8, 4) is 17.1 Å². The summed E-state index contributed by atoms with van der Waals surface area (Å²) in [5.74, 6) is -0.169. The van der Waals surface area contributed by atoms with Crippen LogP contribution in [-0.2, 0) is 0 Å². The van der Waals surface area contributed by atoms with Crippen molar-refractivity contribution in [3.63, 3.8) is 0 Å².